The summed E-state index contributed by atoms with van der Waals surface area (Å²) in [6, 6.07) is 10.8. The second-order valence-electron chi connectivity index (χ2n) is 5.32. The predicted octanol–water partition coefficient (Wildman–Crippen LogP) is 4.36. The third-order valence-corrected chi connectivity index (χ3v) is 4.41. The molecular weight excluding hydrogens is 321 g/mol. The maximum Gasteiger partial charge on any atom is 0.178 e. The van der Waals surface area contributed by atoms with Crippen molar-refractivity contribution >= 4 is 34.1 Å². The van der Waals surface area contributed by atoms with Crippen molar-refractivity contribution in [2.45, 2.75) is 19.6 Å². The summed E-state index contributed by atoms with van der Waals surface area (Å²) in [5, 5.41) is 20.9. The van der Waals surface area contributed by atoms with Crippen LogP contribution in [-0.2, 0) is 6.42 Å². The second-order valence-corrected chi connectivity index (χ2v) is 6.16. The number of fused-ring (bicyclic) bond motifs is 1. The van der Waals surface area contributed by atoms with Gasteiger partial charge in [0.05, 0.1) is 0 Å². The molecule has 0 amide bonds. The first kappa shape index (κ1) is 15.4. The van der Waals surface area contributed by atoms with Gasteiger partial charge in [0.25, 0.3) is 0 Å². The minimum absolute atomic E-state index is 0.468. The van der Waals surface area contributed by atoms with Crippen LogP contribution >= 0.6 is 23.2 Å². The van der Waals surface area contributed by atoms with Gasteiger partial charge in [-0.3, -0.25) is 0 Å². The Morgan fingerprint density at radius 1 is 1.09 bits per heavy atom. The lowest BCUT2D eigenvalue weighted by Crippen LogP contribution is -1.95. The molecule has 3 N–H and O–H groups in total. The molecule has 0 atom stereocenters. The Morgan fingerprint density at radius 3 is 2.55 bits per heavy atom. The fourth-order valence-electron chi connectivity index (χ4n) is 2.64. The van der Waals surface area contributed by atoms with Crippen molar-refractivity contribution < 1.29 is 10.2 Å². The van der Waals surface area contributed by atoms with Crippen LogP contribution < -0.4 is 0 Å². The molecule has 0 unspecified atom stereocenters. The van der Waals surface area contributed by atoms with E-state index in [2.05, 4.69) is 4.98 Å². The molecular formula is C17H15Cl2NO2. The summed E-state index contributed by atoms with van der Waals surface area (Å²) in [6.45, 7) is 1.99. The lowest BCUT2D eigenvalue weighted by molar-refractivity contribution is -0.0423. The number of aromatic amines is 1. The Morgan fingerprint density at radius 2 is 1.86 bits per heavy atom. The Balaban J connectivity index is 2.09. The van der Waals surface area contributed by atoms with Gasteiger partial charge in [0.15, 0.2) is 6.29 Å². The quantitative estimate of drug-likeness (QED) is 0.623. The van der Waals surface area contributed by atoms with Crippen LogP contribution in [0.2, 0.25) is 10.0 Å². The number of H-pyrrole nitrogens is 1. The van der Waals surface area contributed by atoms with Gasteiger partial charge >= 0.3 is 0 Å². The van der Waals surface area contributed by atoms with Gasteiger partial charge in [0.2, 0.25) is 0 Å². The fraction of sp³-hybridized carbons (Fsp3) is 0.176. The SMILES string of the molecule is Cc1[nH]c2ccc(C(O)O)cc2c1Cc1ccc(Cl)cc1Cl. The van der Waals surface area contributed by atoms with Gasteiger partial charge in [-0.05, 0) is 42.3 Å². The van der Waals surface area contributed by atoms with Gasteiger partial charge in [-0.2, -0.15) is 0 Å². The van der Waals surface area contributed by atoms with Crippen LogP contribution in [0.3, 0.4) is 0 Å². The van der Waals surface area contributed by atoms with E-state index in [1.807, 2.05) is 25.1 Å². The summed E-state index contributed by atoms with van der Waals surface area (Å²) >= 11 is 12.2. The van der Waals surface area contributed by atoms with Crippen LogP contribution in [0.4, 0.5) is 0 Å². The van der Waals surface area contributed by atoms with Crippen molar-refractivity contribution in [1.82, 2.24) is 4.98 Å². The van der Waals surface area contributed by atoms with E-state index in [0.29, 0.717) is 22.0 Å². The first-order valence-corrected chi connectivity index (χ1v) is 7.62. The average Bonchev–Trinajstić information content (AvgIpc) is 2.77. The monoisotopic (exact) mass is 335 g/mol. The first-order valence-electron chi connectivity index (χ1n) is 6.87. The van der Waals surface area contributed by atoms with Gasteiger partial charge in [-0.25, -0.2) is 0 Å². The molecule has 3 nitrogen and oxygen atoms in total. The zero-order valence-corrected chi connectivity index (χ0v) is 13.4. The molecule has 3 rings (SSSR count). The highest BCUT2D eigenvalue weighted by Gasteiger charge is 2.13. The highest BCUT2D eigenvalue weighted by Crippen LogP contribution is 2.30. The van der Waals surface area contributed by atoms with Crippen LogP contribution in [0.25, 0.3) is 10.9 Å². The minimum Gasteiger partial charge on any atom is -0.364 e. The van der Waals surface area contributed by atoms with Crippen molar-refractivity contribution in [2.24, 2.45) is 0 Å². The zero-order chi connectivity index (χ0) is 15.9. The molecule has 5 heteroatoms. The molecule has 3 aromatic rings. The molecule has 0 saturated heterocycles. The summed E-state index contributed by atoms with van der Waals surface area (Å²) in [7, 11) is 0. The lowest BCUT2D eigenvalue weighted by Gasteiger charge is -2.07. The van der Waals surface area contributed by atoms with E-state index in [4.69, 9.17) is 23.2 Å². The maximum absolute atomic E-state index is 9.35. The molecule has 0 saturated carbocycles. The van der Waals surface area contributed by atoms with Crippen molar-refractivity contribution in [3.63, 3.8) is 0 Å². The van der Waals surface area contributed by atoms with Crippen molar-refractivity contribution in [2.75, 3.05) is 0 Å². The van der Waals surface area contributed by atoms with Crippen molar-refractivity contribution in [3.05, 3.63) is 68.8 Å². The van der Waals surface area contributed by atoms with E-state index in [-0.39, 0.29) is 0 Å². The molecule has 1 heterocycles. The van der Waals surface area contributed by atoms with E-state index in [1.165, 1.54) is 0 Å². The number of halogens is 2. The Bertz CT molecular complexity index is 840. The molecule has 0 bridgehead atoms. The number of rotatable bonds is 3. The van der Waals surface area contributed by atoms with E-state index in [9.17, 15) is 10.2 Å². The topological polar surface area (TPSA) is 56.2 Å². The Hall–Kier alpha value is -1.52. The normalized spacial score (nSPS) is 11.5. The molecule has 0 fully saturated rings. The van der Waals surface area contributed by atoms with Crippen molar-refractivity contribution in [3.8, 4) is 0 Å². The third-order valence-electron chi connectivity index (χ3n) is 3.82. The number of aliphatic hydroxyl groups excluding tert-OH is 1. The number of hydrogen-bond acceptors (Lipinski definition) is 2. The molecule has 0 spiro atoms. The molecule has 22 heavy (non-hydrogen) atoms. The molecule has 1 aromatic heterocycles. The van der Waals surface area contributed by atoms with E-state index in [1.54, 1.807) is 18.2 Å². The van der Waals surface area contributed by atoms with E-state index in [0.717, 1.165) is 27.7 Å². The van der Waals surface area contributed by atoms with Crippen LogP contribution in [0.15, 0.2) is 36.4 Å². The molecule has 2 aromatic carbocycles. The molecule has 0 radical (unpaired) electrons. The number of benzene rings is 2. The molecule has 0 aliphatic carbocycles. The lowest BCUT2D eigenvalue weighted by atomic mass is 10.0. The minimum atomic E-state index is -1.48. The molecule has 0 aliphatic heterocycles. The number of aliphatic hydroxyl groups is 2. The number of aryl methyl sites for hydroxylation is 1. The largest absolute Gasteiger partial charge is 0.364 e. The highest BCUT2D eigenvalue weighted by molar-refractivity contribution is 6.35. The van der Waals surface area contributed by atoms with Crippen molar-refractivity contribution in [1.29, 1.82) is 0 Å². The van der Waals surface area contributed by atoms with Crippen LogP contribution in [-0.4, -0.2) is 15.2 Å². The summed E-state index contributed by atoms with van der Waals surface area (Å²) in [5.41, 5.74) is 4.52. The Kier molecular flexibility index (Phi) is 4.15. The van der Waals surface area contributed by atoms with Gasteiger partial charge in [0, 0.05) is 38.6 Å². The zero-order valence-electron chi connectivity index (χ0n) is 11.9. The predicted molar refractivity (Wildman–Crippen MR) is 89.5 cm³/mol. The van der Waals surface area contributed by atoms with Gasteiger partial charge in [-0.1, -0.05) is 35.3 Å². The number of nitrogens with one attached hydrogen (secondary N) is 1. The summed E-state index contributed by atoms with van der Waals surface area (Å²) < 4.78 is 0. The van der Waals surface area contributed by atoms with Gasteiger partial charge < -0.3 is 15.2 Å². The summed E-state index contributed by atoms with van der Waals surface area (Å²) in [4.78, 5) is 3.31. The summed E-state index contributed by atoms with van der Waals surface area (Å²) in [5.74, 6) is 0. The summed E-state index contributed by atoms with van der Waals surface area (Å²) in [6.07, 6.45) is -0.834. The molecule has 114 valence electrons. The smallest absolute Gasteiger partial charge is 0.178 e. The van der Waals surface area contributed by atoms with Crippen LogP contribution in [0.1, 0.15) is 28.7 Å². The van der Waals surface area contributed by atoms with Gasteiger partial charge in [-0.15, -0.1) is 0 Å². The average molecular weight is 336 g/mol. The van der Waals surface area contributed by atoms with Crippen LogP contribution in [0.5, 0.6) is 0 Å². The number of aromatic nitrogens is 1. The Labute approximate surface area is 138 Å². The maximum atomic E-state index is 9.35. The van der Waals surface area contributed by atoms with E-state index >= 15 is 0 Å². The standard InChI is InChI=1S/C17H15Cl2NO2/c1-9-13(6-10-2-4-12(18)8-15(10)19)14-7-11(17(21)22)3-5-16(14)20-9/h2-5,7-8,17,20-22H,6H2,1H3. The molecule has 0 aliphatic rings. The fourth-order valence-corrected chi connectivity index (χ4v) is 3.12. The van der Waals surface area contributed by atoms with Crippen LogP contribution in [0, 0.1) is 6.92 Å². The van der Waals surface area contributed by atoms with Gasteiger partial charge in [0.1, 0.15) is 0 Å². The third kappa shape index (κ3) is 2.85. The highest BCUT2D eigenvalue weighted by atomic mass is 35.5. The van der Waals surface area contributed by atoms with E-state index < -0.39 is 6.29 Å². The first-order chi connectivity index (χ1) is 10.5. The second kappa shape index (κ2) is 5.94. The number of hydrogen-bond donors (Lipinski definition) is 3.